The van der Waals surface area contributed by atoms with E-state index in [1.54, 1.807) is 48.5 Å². The van der Waals surface area contributed by atoms with Crippen LogP contribution in [0.2, 0.25) is 0 Å². The molecule has 0 radical (unpaired) electrons. The molecular formula is C30H24Br4N2O5. The Morgan fingerprint density at radius 3 is 1.02 bits per heavy atom. The van der Waals surface area contributed by atoms with Crippen LogP contribution in [0, 0.1) is 47.3 Å². The van der Waals surface area contributed by atoms with E-state index in [2.05, 4.69) is 63.7 Å². The summed E-state index contributed by atoms with van der Waals surface area (Å²) in [6, 6.07) is 13.9. The average Bonchev–Trinajstić information content (AvgIpc) is 3.77. The number of hydrogen-bond donors (Lipinski definition) is 0. The van der Waals surface area contributed by atoms with Gasteiger partial charge in [0, 0.05) is 19.3 Å². The summed E-state index contributed by atoms with van der Waals surface area (Å²) in [4.78, 5) is 56.8. The Hall–Kier alpha value is -1.56. The van der Waals surface area contributed by atoms with E-state index in [0.717, 1.165) is 12.8 Å². The molecule has 4 amide bonds. The van der Waals surface area contributed by atoms with E-state index in [1.807, 2.05) is 0 Å². The molecule has 4 saturated carbocycles. The number of anilines is 2. The van der Waals surface area contributed by atoms with Crippen molar-refractivity contribution in [3.8, 4) is 11.5 Å². The molecular weight excluding hydrogens is 788 g/mol. The molecule has 212 valence electrons. The Morgan fingerprint density at radius 2 is 0.756 bits per heavy atom. The molecule has 6 fully saturated rings. The third-order valence-electron chi connectivity index (χ3n) is 10.4. The topological polar surface area (TPSA) is 84.0 Å². The summed E-state index contributed by atoms with van der Waals surface area (Å²) in [6.07, 6.45) is 1.80. The lowest BCUT2D eigenvalue weighted by atomic mass is 9.81. The number of halogens is 4. The fraction of sp³-hybridized carbons (Fsp3) is 0.467. The van der Waals surface area contributed by atoms with E-state index >= 15 is 0 Å². The number of hydrogen-bond acceptors (Lipinski definition) is 5. The minimum absolute atomic E-state index is 0.109. The lowest BCUT2D eigenvalue weighted by Crippen LogP contribution is -2.37. The third kappa shape index (κ3) is 3.64. The maximum atomic E-state index is 13.3. The van der Waals surface area contributed by atoms with Crippen LogP contribution in [0.5, 0.6) is 11.5 Å². The summed E-state index contributed by atoms with van der Waals surface area (Å²) in [5, 5.41) is 0. The molecule has 11 heteroatoms. The van der Waals surface area contributed by atoms with E-state index in [0.29, 0.717) is 22.9 Å². The third-order valence-corrected chi connectivity index (χ3v) is 16.8. The van der Waals surface area contributed by atoms with Crippen molar-refractivity contribution in [1.82, 2.24) is 0 Å². The Bertz CT molecular complexity index is 1330. The molecule has 0 spiro atoms. The first kappa shape index (κ1) is 27.0. The van der Waals surface area contributed by atoms with E-state index in [1.165, 1.54) is 9.80 Å². The highest BCUT2D eigenvalue weighted by Gasteiger charge is 2.67. The quantitative estimate of drug-likeness (QED) is 0.278. The largest absolute Gasteiger partial charge is 0.457 e. The first-order chi connectivity index (χ1) is 19.7. The van der Waals surface area contributed by atoms with Crippen LogP contribution in [-0.4, -0.2) is 42.9 Å². The summed E-state index contributed by atoms with van der Waals surface area (Å²) >= 11 is 14.9. The van der Waals surface area contributed by atoms with Gasteiger partial charge in [-0.15, -0.1) is 0 Å². The zero-order valence-electron chi connectivity index (χ0n) is 21.4. The van der Waals surface area contributed by atoms with Gasteiger partial charge < -0.3 is 4.74 Å². The average molecular weight is 812 g/mol. The molecule has 2 aliphatic heterocycles. The predicted octanol–water partition coefficient (Wildman–Crippen LogP) is 6.04. The highest BCUT2D eigenvalue weighted by atomic mass is 79.9. The van der Waals surface area contributed by atoms with Crippen LogP contribution in [0.1, 0.15) is 12.8 Å². The number of nitrogens with zero attached hydrogens (tertiary/aromatic N) is 2. The van der Waals surface area contributed by atoms with Gasteiger partial charge in [-0.2, -0.15) is 0 Å². The van der Waals surface area contributed by atoms with Crippen LogP contribution < -0.4 is 14.5 Å². The van der Waals surface area contributed by atoms with E-state index in [4.69, 9.17) is 4.74 Å². The summed E-state index contributed by atoms with van der Waals surface area (Å²) in [5.74, 6) is 0.313. The Morgan fingerprint density at radius 1 is 0.488 bits per heavy atom. The highest BCUT2D eigenvalue weighted by molar-refractivity contribution is 9.12. The monoisotopic (exact) mass is 808 g/mol. The van der Waals surface area contributed by atoms with Crippen molar-refractivity contribution in [2.24, 2.45) is 47.3 Å². The lowest BCUT2D eigenvalue weighted by Gasteiger charge is -2.28. The molecule has 0 N–H and O–H groups in total. The van der Waals surface area contributed by atoms with Gasteiger partial charge in [-0.25, -0.2) is 0 Å². The Balaban J connectivity index is 0.965. The van der Waals surface area contributed by atoms with Crippen molar-refractivity contribution >= 4 is 98.7 Å². The van der Waals surface area contributed by atoms with Crippen LogP contribution in [0.15, 0.2) is 48.5 Å². The highest BCUT2D eigenvalue weighted by Crippen LogP contribution is 2.62. The standard InChI is InChI=1S/C30H24Br4N2O5/c31-23-15-9-16(24(23)32)20-19(15)27(37)35(28(20)38)11-1-5-13(6-2-11)41-14-7-3-12(4-8-14)36-29(39)21-17-10-18(22(21)30(36)40)26(34)25(17)33/h1-8,15-26H,9-10H2/t15-,16-,17-,18-,19-,20+,21-,22+,23-,24+,25-,26+/m1/s1. The number of fused-ring (bicyclic) bond motifs is 10. The molecule has 4 bridgehead atoms. The number of imide groups is 2. The summed E-state index contributed by atoms with van der Waals surface area (Å²) in [7, 11) is 0. The maximum Gasteiger partial charge on any atom is 0.238 e. The fourth-order valence-electron chi connectivity index (χ4n) is 8.67. The van der Waals surface area contributed by atoms with E-state index < -0.39 is 0 Å². The predicted molar refractivity (Wildman–Crippen MR) is 166 cm³/mol. The first-order valence-corrected chi connectivity index (χ1v) is 17.5. The van der Waals surface area contributed by atoms with Crippen molar-refractivity contribution in [2.45, 2.75) is 32.2 Å². The van der Waals surface area contributed by atoms with E-state index in [-0.39, 0.29) is 90.3 Å². The van der Waals surface area contributed by atoms with Crippen molar-refractivity contribution in [3.63, 3.8) is 0 Å². The molecule has 7 nitrogen and oxygen atoms in total. The second kappa shape index (κ2) is 9.47. The van der Waals surface area contributed by atoms with Crippen LogP contribution in [-0.2, 0) is 19.2 Å². The molecule has 2 heterocycles. The number of benzene rings is 2. The smallest absolute Gasteiger partial charge is 0.238 e. The minimum atomic E-state index is -0.258. The van der Waals surface area contributed by atoms with Crippen molar-refractivity contribution in [2.75, 3.05) is 9.80 Å². The van der Waals surface area contributed by atoms with Gasteiger partial charge in [0.25, 0.3) is 0 Å². The second-order valence-electron chi connectivity index (χ2n) is 12.1. The number of alkyl halides is 4. The summed E-state index contributed by atoms with van der Waals surface area (Å²) in [5.41, 5.74) is 1.10. The molecule has 2 aromatic rings. The number of amides is 4. The Kier molecular flexibility index (Phi) is 6.24. The van der Waals surface area contributed by atoms with Gasteiger partial charge in [-0.3, -0.25) is 29.0 Å². The van der Waals surface area contributed by atoms with Crippen molar-refractivity contribution in [3.05, 3.63) is 48.5 Å². The molecule has 6 aliphatic rings. The molecule has 2 aromatic carbocycles. The molecule has 41 heavy (non-hydrogen) atoms. The lowest BCUT2D eigenvalue weighted by molar-refractivity contribution is -0.124. The molecule has 0 unspecified atom stereocenters. The summed E-state index contributed by atoms with van der Waals surface area (Å²) < 4.78 is 6.01. The normalized spacial score (nSPS) is 42.0. The van der Waals surface area contributed by atoms with Crippen LogP contribution in [0.4, 0.5) is 11.4 Å². The van der Waals surface area contributed by atoms with Crippen LogP contribution >= 0.6 is 63.7 Å². The number of carbonyl (C=O) groups is 4. The van der Waals surface area contributed by atoms with Gasteiger partial charge in [-0.05, 0) is 85.0 Å². The maximum absolute atomic E-state index is 13.3. The van der Waals surface area contributed by atoms with Gasteiger partial charge >= 0.3 is 0 Å². The number of rotatable bonds is 4. The number of ether oxygens (including phenoxy) is 1. The van der Waals surface area contributed by atoms with Crippen LogP contribution in [0.25, 0.3) is 0 Å². The van der Waals surface area contributed by atoms with Gasteiger partial charge in [0.2, 0.25) is 23.6 Å². The zero-order chi connectivity index (χ0) is 28.5. The van der Waals surface area contributed by atoms with Crippen molar-refractivity contribution in [1.29, 1.82) is 0 Å². The molecule has 12 atom stereocenters. The molecule has 0 aromatic heterocycles. The van der Waals surface area contributed by atoms with Crippen molar-refractivity contribution < 1.29 is 23.9 Å². The van der Waals surface area contributed by atoms with Gasteiger partial charge in [0.1, 0.15) is 11.5 Å². The molecule has 8 rings (SSSR count). The second-order valence-corrected chi connectivity index (χ2v) is 16.4. The van der Waals surface area contributed by atoms with Gasteiger partial charge in [0.05, 0.1) is 35.0 Å². The fourth-order valence-corrected chi connectivity index (χ4v) is 12.4. The van der Waals surface area contributed by atoms with Gasteiger partial charge in [0.15, 0.2) is 0 Å². The SMILES string of the molecule is O=C1[C@@H]2[C@H]3C[C@@H]([C@H](Br)[C@@H]3Br)[C@@H]2C(=O)N1c1ccc(Oc2ccc(N3C(=O)[C@@H]4[C@H]5C[C@@H]([C@H](Br)[C@@H]5Br)[C@@H]4C3=O)cc2)cc1. The number of carbonyl (C=O) groups excluding carboxylic acids is 4. The molecule has 4 aliphatic carbocycles. The minimum Gasteiger partial charge on any atom is -0.457 e. The summed E-state index contributed by atoms with van der Waals surface area (Å²) in [6.45, 7) is 0. The first-order valence-electron chi connectivity index (χ1n) is 13.9. The Labute approximate surface area is 270 Å². The van der Waals surface area contributed by atoms with Crippen LogP contribution in [0.3, 0.4) is 0 Å². The van der Waals surface area contributed by atoms with Gasteiger partial charge in [-0.1, -0.05) is 63.7 Å². The molecule has 2 saturated heterocycles. The zero-order valence-corrected chi connectivity index (χ0v) is 27.8. The van der Waals surface area contributed by atoms with E-state index in [9.17, 15) is 19.2 Å².